The lowest BCUT2D eigenvalue weighted by Gasteiger charge is -2.10. The quantitative estimate of drug-likeness (QED) is 0.772. The Hall–Kier alpha value is -1.77. The standard InChI is InChI=1S/C15H22N2O/c1-4-6-9-13(16)12(5-2)14-10-7-8-11-15(17-14)18-3/h4-6,9,11H,7-8,10,16H2,1-3H3/b6-4+,12-5+,13-9+. The number of hydrogen-bond donors (Lipinski definition) is 1. The normalized spacial score (nSPS) is 18.4. The van der Waals surface area contributed by atoms with Gasteiger partial charge >= 0.3 is 0 Å². The number of aliphatic imine (C=N–C) groups is 1. The van der Waals surface area contributed by atoms with Gasteiger partial charge in [0, 0.05) is 11.3 Å². The number of rotatable bonds is 4. The summed E-state index contributed by atoms with van der Waals surface area (Å²) in [4.78, 5) is 4.54. The van der Waals surface area contributed by atoms with E-state index in [1.807, 2.05) is 44.2 Å². The van der Waals surface area contributed by atoms with E-state index in [1.165, 1.54) is 0 Å². The Kier molecular flexibility index (Phi) is 5.98. The minimum atomic E-state index is 0.681. The van der Waals surface area contributed by atoms with Crippen LogP contribution in [0.3, 0.4) is 0 Å². The summed E-state index contributed by atoms with van der Waals surface area (Å²) in [6, 6.07) is 0. The molecule has 0 fully saturated rings. The molecule has 1 aliphatic rings. The molecule has 0 aromatic heterocycles. The third kappa shape index (κ3) is 3.91. The van der Waals surface area contributed by atoms with Crippen molar-refractivity contribution in [2.24, 2.45) is 10.7 Å². The molecule has 18 heavy (non-hydrogen) atoms. The van der Waals surface area contributed by atoms with Crippen LogP contribution in [0.5, 0.6) is 0 Å². The Balaban J connectivity index is 3.02. The van der Waals surface area contributed by atoms with Gasteiger partial charge in [0.1, 0.15) is 0 Å². The van der Waals surface area contributed by atoms with E-state index >= 15 is 0 Å². The fourth-order valence-corrected chi connectivity index (χ4v) is 1.84. The van der Waals surface area contributed by atoms with E-state index in [4.69, 9.17) is 10.5 Å². The molecule has 1 heterocycles. The number of allylic oxidation sites excluding steroid dienone is 6. The lowest BCUT2D eigenvalue weighted by Crippen LogP contribution is -2.11. The molecular weight excluding hydrogens is 224 g/mol. The molecule has 0 saturated carbocycles. The van der Waals surface area contributed by atoms with Gasteiger partial charge < -0.3 is 10.5 Å². The Labute approximate surface area is 109 Å². The van der Waals surface area contributed by atoms with Crippen LogP contribution in [-0.2, 0) is 4.74 Å². The van der Waals surface area contributed by atoms with Gasteiger partial charge in [0.15, 0.2) is 0 Å². The van der Waals surface area contributed by atoms with E-state index in [0.29, 0.717) is 5.88 Å². The molecule has 0 atom stereocenters. The van der Waals surface area contributed by atoms with Crippen molar-refractivity contribution in [2.75, 3.05) is 7.11 Å². The molecule has 0 aromatic carbocycles. The molecule has 0 amide bonds. The first-order chi connectivity index (χ1) is 8.72. The maximum atomic E-state index is 6.08. The summed E-state index contributed by atoms with van der Waals surface area (Å²) in [7, 11) is 1.65. The third-order valence-corrected chi connectivity index (χ3v) is 2.77. The molecule has 0 aromatic rings. The van der Waals surface area contributed by atoms with Gasteiger partial charge in [-0.1, -0.05) is 18.2 Å². The van der Waals surface area contributed by atoms with Crippen molar-refractivity contribution >= 4 is 5.71 Å². The Morgan fingerprint density at radius 1 is 1.44 bits per heavy atom. The molecule has 0 radical (unpaired) electrons. The highest BCUT2D eigenvalue weighted by Gasteiger charge is 2.12. The summed E-state index contributed by atoms with van der Waals surface area (Å²) in [6.45, 7) is 3.95. The molecule has 98 valence electrons. The summed E-state index contributed by atoms with van der Waals surface area (Å²) in [5, 5.41) is 0. The molecule has 3 nitrogen and oxygen atoms in total. The zero-order chi connectivity index (χ0) is 13.4. The van der Waals surface area contributed by atoms with E-state index in [2.05, 4.69) is 4.99 Å². The van der Waals surface area contributed by atoms with Crippen molar-refractivity contribution in [1.82, 2.24) is 0 Å². The van der Waals surface area contributed by atoms with Crippen molar-refractivity contribution in [3.63, 3.8) is 0 Å². The summed E-state index contributed by atoms with van der Waals surface area (Å²) in [5.74, 6) is 0.681. The average molecular weight is 246 g/mol. The van der Waals surface area contributed by atoms with Gasteiger partial charge in [-0.25, -0.2) is 4.99 Å². The van der Waals surface area contributed by atoms with E-state index < -0.39 is 0 Å². The van der Waals surface area contributed by atoms with Crippen molar-refractivity contribution in [3.05, 3.63) is 47.5 Å². The van der Waals surface area contributed by atoms with E-state index in [1.54, 1.807) is 7.11 Å². The zero-order valence-electron chi connectivity index (χ0n) is 11.4. The Morgan fingerprint density at radius 2 is 2.22 bits per heavy atom. The molecule has 3 heteroatoms. The van der Waals surface area contributed by atoms with Crippen molar-refractivity contribution in [3.8, 4) is 0 Å². The predicted octanol–water partition coefficient (Wildman–Crippen LogP) is 3.46. The molecule has 0 bridgehead atoms. The van der Waals surface area contributed by atoms with Crippen LogP contribution in [0.25, 0.3) is 0 Å². The van der Waals surface area contributed by atoms with Crippen LogP contribution in [0.1, 0.15) is 33.1 Å². The minimum Gasteiger partial charge on any atom is -0.481 e. The first kappa shape index (κ1) is 14.3. The highest BCUT2D eigenvalue weighted by atomic mass is 16.5. The van der Waals surface area contributed by atoms with Gasteiger partial charge in [0.05, 0.1) is 12.8 Å². The van der Waals surface area contributed by atoms with Gasteiger partial charge in [-0.15, -0.1) is 0 Å². The van der Waals surface area contributed by atoms with Crippen LogP contribution >= 0.6 is 0 Å². The molecule has 0 saturated heterocycles. The van der Waals surface area contributed by atoms with Gasteiger partial charge in [0.25, 0.3) is 0 Å². The second-order valence-electron chi connectivity index (χ2n) is 4.05. The topological polar surface area (TPSA) is 47.6 Å². The molecule has 0 spiro atoms. The van der Waals surface area contributed by atoms with E-state index in [0.717, 1.165) is 36.2 Å². The van der Waals surface area contributed by atoms with Crippen LogP contribution in [0.2, 0.25) is 0 Å². The van der Waals surface area contributed by atoms with Crippen molar-refractivity contribution in [2.45, 2.75) is 33.1 Å². The number of nitrogens with two attached hydrogens (primary N) is 1. The molecule has 0 aliphatic carbocycles. The van der Waals surface area contributed by atoms with E-state index in [-0.39, 0.29) is 0 Å². The second-order valence-corrected chi connectivity index (χ2v) is 4.05. The molecule has 1 aliphatic heterocycles. The number of methoxy groups -OCH3 is 1. The Morgan fingerprint density at radius 3 is 2.83 bits per heavy atom. The summed E-state index contributed by atoms with van der Waals surface area (Å²) < 4.78 is 5.23. The maximum absolute atomic E-state index is 6.08. The summed E-state index contributed by atoms with van der Waals surface area (Å²) in [5.41, 5.74) is 8.83. The maximum Gasteiger partial charge on any atom is 0.209 e. The van der Waals surface area contributed by atoms with Crippen LogP contribution in [0.4, 0.5) is 0 Å². The van der Waals surface area contributed by atoms with Crippen LogP contribution in [0, 0.1) is 0 Å². The van der Waals surface area contributed by atoms with Crippen LogP contribution < -0.4 is 5.73 Å². The molecular formula is C15H22N2O. The first-order valence-electron chi connectivity index (χ1n) is 6.30. The predicted molar refractivity (Wildman–Crippen MR) is 77.2 cm³/mol. The van der Waals surface area contributed by atoms with Gasteiger partial charge in [0.2, 0.25) is 5.88 Å². The highest BCUT2D eigenvalue weighted by Crippen LogP contribution is 2.19. The van der Waals surface area contributed by atoms with E-state index in [9.17, 15) is 0 Å². The fourth-order valence-electron chi connectivity index (χ4n) is 1.84. The van der Waals surface area contributed by atoms with Gasteiger partial charge in [-0.2, -0.15) is 0 Å². The zero-order valence-corrected chi connectivity index (χ0v) is 11.4. The summed E-state index contributed by atoms with van der Waals surface area (Å²) >= 11 is 0. The smallest absolute Gasteiger partial charge is 0.209 e. The Bertz CT molecular complexity index is 426. The second kappa shape index (κ2) is 7.54. The van der Waals surface area contributed by atoms with Crippen molar-refractivity contribution < 1.29 is 4.74 Å². The largest absolute Gasteiger partial charge is 0.481 e. The SMILES string of the molecule is C/C=C/C=C(N)\C(=C/C)C1=NC(OC)=CCCC1. The lowest BCUT2D eigenvalue weighted by atomic mass is 10.0. The monoisotopic (exact) mass is 246 g/mol. The minimum absolute atomic E-state index is 0.681. The third-order valence-electron chi connectivity index (χ3n) is 2.77. The molecule has 0 unspecified atom stereocenters. The average Bonchev–Trinajstić information content (AvgIpc) is 2.62. The summed E-state index contributed by atoms with van der Waals surface area (Å²) in [6.07, 6.45) is 12.8. The lowest BCUT2D eigenvalue weighted by molar-refractivity contribution is 0.287. The van der Waals surface area contributed by atoms with Gasteiger partial charge in [-0.3, -0.25) is 0 Å². The highest BCUT2D eigenvalue weighted by molar-refractivity contribution is 6.04. The molecule has 2 N–H and O–H groups in total. The number of ether oxygens (including phenoxy) is 1. The van der Waals surface area contributed by atoms with Crippen molar-refractivity contribution in [1.29, 1.82) is 0 Å². The molecule has 1 rings (SSSR count). The number of nitrogens with zero attached hydrogens (tertiary/aromatic N) is 1. The van der Waals surface area contributed by atoms with Gasteiger partial charge in [-0.05, 0) is 45.3 Å². The van der Waals surface area contributed by atoms with Crippen LogP contribution in [-0.4, -0.2) is 12.8 Å². The number of hydrogen-bond acceptors (Lipinski definition) is 3. The first-order valence-corrected chi connectivity index (χ1v) is 6.30. The fraction of sp³-hybridized carbons (Fsp3) is 0.400. The van der Waals surface area contributed by atoms with Crippen LogP contribution in [0.15, 0.2) is 52.5 Å².